The average Bonchev–Trinajstić information content (AvgIpc) is 2.77. The van der Waals surface area contributed by atoms with Gasteiger partial charge in [0.1, 0.15) is 10.0 Å². The maximum Gasteiger partial charge on any atom is 0.292 e. The lowest BCUT2D eigenvalue weighted by molar-refractivity contribution is 0.191. The lowest BCUT2D eigenvalue weighted by atomic mass is 10.3. The second-order valence-corrected chi connectivity index (χ2v) is 7.92. The minimum Gasteiger partial charge on any atom is -0.366 e. The molecule has 0 bridgehead atoms. The summed E-state index contributed by atoms with van der Waals surface area (Å²) in [4.78, 5) is 28.9. The Morgan fingerprint density at radius 2 is 1.53 bits per heavy atom. The van der Waals surface area contributed by atoms with E-state index in [9.17, 15) is 9.59 Å². The van der Waals surface area contributed by atoms with Crippen LogP contribution in [-0.4, -0.2) is 50.6 Å². The molecule has 1 fully saturated rings. The monoisotopic (exact) mass is 466 g/mol. The second kappa shape index (κ2) is 8.77. The van der Waals surface area contributed by atoms with Crippen LogP contribution in [0.3, 0.4) is 0 Å². The van der Waals surface area contributed by atoms with Crippen molar-refractivity contribution in [3.05, 3.63) is 78.5 Å². The minimum atomic E-state index is -0.427. The number of nitrogens with zero attached hydrogens (tertiary/aromatic N) is 6. The van der Waals surface area contributed by atoms with Crippen molar-refractivity contribution in [2.75, 3.05) is 31.1 Å². The molecule has 3 aromatic rings. The van der Waals surface area contributed by atoms with Gasteiger partial charge in [0, 0.05) is 26.2 Å². The predicted molar refractivity (Wildman–Crippen MR) is 117 cm³/mol. The van der Waals surface area contributed by atoms with Gasteiger partial charge in [-0.25, -0.2) is 4.68 Å². The summed E-state index contributed by atoms with van der Waals surface area (Å²) in [6, 6.07) is 9.12. The van der Waals surface area contributed by atoms with Crippen LogP contribution in [0.2, 0.25) is 15.1 Å². The van der Waals surface area contributed by atoms with Crippen molar-refractivity contribution in [1.29, 1.82) is 0 Å². The van der Waals surface area contributed by atoms with Gasteiger partial charge in [-0.3, -0.25) is 14.5 Å². The fourth-order valence-corrected chi connectivity index (χ4v) is 3.78. The van der Waals surface area contributed by atoms with E-state index in [0.29, 0.717) is 44.2 Å². The third kappa shape index (κ3) is 4.09. The molecule has 2 aromatic heterocycles. The molecule has 0 unspecified atom stereocenters. The van der Waals surface area contributed by atoms with E-state index in [2.05, 4.69) is 15.1 Å². The van der Waals surface area contributed by atoms with Crippen LogP contribution in [0.25, 0.3) is 5.69 Å². The van der Waals surface area contributed by atoms with Crippen molar-refractivity contribution >= 4 is 40.5 Å². The molecule has 0 amide bonds. The molecular formula is C19H17Cl3N6O2. The van der Waals surface area contributed by atoms with Gasteiger partial charge in [0.15, 0.2) is 0 Å². The van der Waals surface area contributed by atoms with E-state index in [4.69, 9.17) is 34.8 Å². The summed E-state index contributed by atoms with van der Waals surface area (Å²) in [6.07, 6.45) is 2.96. The molecule has 0 aliphatic carbocycles. The Morgan fingerprint density at radius 1 is 0.833 bits per heavy atom. The molecule has 0 saturated carbocycles. The molecule has 3 heterocycles. The van der Waals surface area contributed by atoms with Crippen LogP contribution in [-0.2, 0) is 6.67 Å². The topological polar surface area (TPSA) is 76.3 Å². The van der Waals surface area contributed by atoms with Crippen LogP contribution in [0.4, 0.5) is 5.69 Å². The molecule has 0 N–H and O–H groups in total. The Balaban J connectivity index is 1.47. The Bertz CT molecular complexity index is 1170. The van der Waals surface area contributed by atoms with Crippen molar-refractivity contribution in [1.82, 2.24) is 24.5 Å². The van der Waals surface area contributed by atoms with E-state index in [0.717, 1.165) is 0 Å². The molecule has 1 aromatic carbocycles. The van der Waals surface area contributed by atoms with Crippen molar-refractivity contribution < 1.29 is 0 Å². The van der Waals surface area contributed by atoms with Crippen molar-refractivity contribution in [2.24, 2.45) is 0 Å². The Hall–Kier alpha value is -2.39. The summed E-state index contributed by atoms with van der Waals surface area (Å²) in [5, 5.41) is 8.54. The van der Waals surface area contributed by atoms with Gasteiger partial charge >= 0.3 is 0 Å². The fourth-order valence-electron chi connectivity index (χ4n) is 3.26. The number of hydrogen-bond donors (Lipinski definition) is 0. The molecule has 30 heavy (non-hydrogen) atoms. The highest BCUT2D eigenvalue weighted by Gasteiger charge is 2.22. The van der Waals surface area contributed by atoms with Crippen molar-refractivity contribution in [2.45, 2.75) is 6.67 Å². The second-order valence-electron chi connectivity index (χ2n) is 6.75. The molecule has 0 radical (unpaired) electrons. The first-order valence-corrected chi connectivity index (χ1v) is 10.3. The lowest BCUT2D eigenvalue weighted by Crippen LogP contribution is -2.48. The van der Waals surface area contributed by atoms with E-state index in [1.54, 1.807) is 18.3 Å². The molecule has 4 rings (SSSR count). The fraction of sp³-hybridized carbons (Fsp3) is 0.263. The zero-order chi connectivity index (χ0) is 21.3. The summed E-state index contributed by atoms with van der Waals surface area (Å²) in [7, 11) is 0. The minimum absolute atomic E-state index is 0.0397. The van der Waals surface area contributed by atoms with Gasteiger partial charge in [-0.15, -0.1) is 0 Å². The molecule has 1 saturated heterocycles. The van der Waals surface area contributed by atoms with Gasteiger partial charge in [0.2, 0.25) is 0 Å². The summed E-state index contributed by atoms with van der Waals surface area (Å²) in [5.74, 6) is 0. The smallest absolute Gasteiger partial charge is 0.292 e. The summed E-state index contributed by atoms with van der Waals surface area (Å²) >= 11 is 18.1. The Morgan fingerprint density at radius 3 is 2.23 bits per heavy atom. The van der Waals surface area contributed by atoms with E-state index in [-0.39, 0.29) is 20.6 Å². The first-order valence-electron chi connectivity index (χ1n) is 9.17. The zero-order valence-electron chi connectivity index (χ0n) is 15.7. The first-order chi connectivity index (χ1) is 14.5. The Labute approximate surface area is 186 Å². The van der Waals surface area contributed by atoms with E-state index in [1.165, 1.54) is 15.6 Å². The van der Waals surface area contributed by atoms with Gasteiger partial charge in [-0.1, -0.05) is 53.0 Å². The standard InChI is InChI=1S/C19H17Cl3N6O2/c20-14-10-23-27(18(29)16(14)21)12-25-6-8-26(9-7-25)15-11-24-28(19(30)17(15)22)13-4-2-1-3-5-13/h1-5,10-11H,6-9,12H2. The number of hydrogen-bond acceptors (Lipinski definition) is 6. The van der Waals surface area contributed by atoms with Crippen LogP contribution in [0.1, 0.15) is 0 Å². The molecule has 156 valence electrons. The highest BCUT2D eigenvalue weighted by atomic mass is 35.5. The van der Waals surface area contributed by atoms with Gasteiger partial charge in [-0.2, -0.15) is 14.9 Å². The Kier molecular flexibility index (Phi) is 6.10. The summed E-state index contributed by atoms with van der Waals surface area (Å²) in [6.45, 7) is 2.82. The molecule has 11 heteroatoms. The number of piperazine rings is 1. The lowest BCUT2D eigenvalue weighted by Gasteiger charge is -2.36. The van der Waals surface area contributed by atoms with Crippen LogP contribution < -0.4 is 16.0 Å². The first kappa shape index (κ1) is 20.9. The number of anilines is 1. The zero-order valence-corrected chi connectivity index (χ0v) is 18.0. The van der Waals surface area contributed by atoms with Gasteiger partial charge in [0.25, 0.3) is 11.1 Å². The van der Waals surface area contributed by atoms with Crippen LogP contribution in [0, 0.1) is 0 Å². The number of rotatable bonds is 4. The largest absolute Gasteiger partial charge is 0.366 e. The predicted octanol–water partition coefficient (Wildman–Crippen LogP) is 2.53. The number of halogens is 3. The third-order valence-electron chi connectivity index (χ3n) is 4.89. The molecule has 0 spiro atoms. The normalized spacial score (nSPS) is 14.8. The SMILES string of the molecule is O=c1c(Cl)c(Cl)cnn1CN1CCN(c2cnn(-c3ccccc3)c(=O)c2Cl)CC1. The van der Waals surface area contributed by atoms with Crippen LogP contribution in [0.15, 0.2) is 52.3 Å². The molecular weight excluding hydrogens is 451 g/mol. The van der Waals surface area contributed by atoms with Crippen molar-refractivity contribution in [3.8, 4) is 5.69 Å². The molecule has 1 aliphatic heterocycles. The van der Waals surface area contributed by atoms with E-state index < -0.39 is 5.56 Å². The van der Waals surface area contributed by atoms with Crippen LogP contribution in [0.5, 0.6) is 0 Å². The van der Waals surface area contributed by atoms with Gasteiger partial charge in [-0.05, 0) is 12.1 Å². The summed E-state index contributed by atoms with van der Waals surface area (Å²) < 4.78 is 2.56. The highest BCUT2D eigenvalue weighted by molar-refractivity contribution is 6.41. The molecule has 1 aliphatic rings. The quantitative estimate of drug-likeness (QED) is 0.587. The van der Waals surface area contributed by atoms with Gasteiger partial charge < -0.3 is 4.90 Å². The maximum absolute atomic E-state index is 12.7. The van der Waals surface area contributed by atoms with Crippen LogP contribution >= 0.6 is 34.8 Å². The highest BCUT2D eigenvalue weighted by Crippen LogP contribution is 2.23. The molecule has 0 atom stereocenters. The summed E-state index contributed by atoms with van der Waals surface area (Å²) in [5.41, 5.74) is 0.455. The maximum atomic E-state index is 12.7. The average molecular weight is 468 g/mol. The van der Waals surface area contributed by atoms with Crippen molar-refractivity contribution in [3.63, 3.8) is 0 Å². The van der Waals surface area contributed by atoms with Gasteiger partial charge in [0.05, 0.1) is 35.5 Å². The van der Waals surface area contributed by atoms with E-state index in [1.807, 2.05) is 23.1 Å². The number of aromatic nitrogens is 4. The third-order valence-corrected chi connectivity index (χ3v) is 5.99. The number of para-hydroxylation sites is 1. The number of benzene rings is 1. The molecule has 8 nitrogen and oxygen atoms in total. The van der Waals surface area contributed by atoms with E-state index >= 15 is 0 Å².